The van der Waals surface area contributed by atoms with Gasteiger partial charge in [0.25, 0.3) is 0 Å². The Balaban J connectivity index is 2.24. The van der Waals surface area contributed by atoms with E-state index in [0.29, 0.717) is 0 Å². The van der Waals surface area contributed by atoms with Gasteiger partial charge in [0.1, 0.15) is 0 Å². The summed E-state index contributed by atoms with van der Waals surface area (Å²) in [5, 5.41) is 0. The fraction of sp³-hybridized carbons (Fsp3) is 0.571. The second-order valence-corrected chi connectivity index (χ2v) is 4.91. The van der Waals surface area contributed by atoms with Crippen molar-refractivity contribution in [2.45, 2.75) is 26.3 Å². The number of ether oxygens (including phenoxy) is 1. The van der Waals surface area contributed by atoms with Gasteiger partial charge in [-0.2, -0.15) is 0 Å². The summed E-state index contributed by atoms with van der Waals surface area (Å²) >= 11 is 0. The lowest BCUT2D eigenvalue weighted by Gasteiger charge is -2.31. The molecule has 17 heavy (non-hydrogen) atoms. The molecular formula is C14H22N2O. The number of benzene rings is 1. The van der Waals surface area contributed by atoms with Crippen LogP contribution in [0.1, 0.15) is 18.1 Å². The summed E-state index contributed by atoms with van der Waals surface area (Å²) in [7, 11) is 0. The number of morpholine rings is 1. The maximum absolute atomic E-state index is 5.93. The number of anilines is 1. The van der Waals surface area contributed by atoms with E-state index in [1.54, 1.807) is 0 Å². The molecule has 1 heterocycles. The average Bonchev–Trinajstić information content (AvgIpc) is 2.29. The minimum atomic E-state index is 0.205. The quantitative estimate of drug-likeness (QED) is 0.865. The summed E-state index contributed by atoms with van der Waals surface area (Å²) in [6.45, 7) is 7.81. The monoisotopic (exact) mass is 234 g/mol. The zero-order valence-electron chi connectivity index (χ0n) is 10.8. The summed E-state index contributed by atoms with van der Waals surface area (Å²) in [4.78, 5) is 2.40. The normalized spacial score (nSPS) is 18.2. The summed E-state index contributed by atoms with van der Waals surface area (Å²) in [6, 6.07) is 6.86. The van der Waals surface area contributed by atoms with E-state index in [2.05, 4.69) is 36.9 Å². The molecule has 0 saturated carbocycles. The van der Waals surface area contributed by atoms with Crippen LogP contribution < -0.4 is 10.6 Å². The van der Waals surface area contributed by atoms with Crippen LogP contribution in [0.2, 0.25) is 0 Å². The second-order valence-electron chi connectivity index (χ2n) is 4.91. The van der Waals surface area contributed by atoms with Gasteiger partial charge in [-0.15, -0.1) is 0 Å². The largest absolute Gasteiger partial charge is 0.378 e. The minimum absolute atomic E-state index is 0.205. The predicted molar refractivity (Wildman–Crippen MR) is 71.6 cm³/mol. The number of hydrogen-bond acceptors (Lipinski definition) is 3. The smallest absolute Gasteiger partial charge is 0.0642 e. The molecule has 0 amide bonds. The van der Waals surface area contributed by atoms with Gasteiger partial charge in [-0.3, -0.25) is 0 Å². The number of nitrogens with zero attached hydrogens (tertiary/aromatic N) is 1. The van der Waals surface area contributed by atoms with Crippen molar-refractivity contribution in [1.82, 2.24) is 0 Å². The van der Waals surface area contributed by atoms with Crippen molar-refractivity contribution in [3.8, 4) is 0 Å². The van der Waals surface area contributed by atoms with Gasteiger partial charge in [0.15, 0.2) is 0 Å². The molecule has 2 rings (SSSR count). The van der Waals surface area contributed by atoms with Gasteiger partial charge in [-0.25, -0.2) is 0 Å². The topological polar surface area (TPSA) is 38.5 Å². The molecule has 1 atom stereocenters. The van der Waals surface area contributed by atoms with Crippen molar-refractivity contribution >= 4 is 5.69 Å². The molecule has 1 aliphatic heterocycles. The Hall–Kier alpha value is -1.06. The van der Waals surface area contributed by atoms with Crippen LogP contribution in [0.4, 0.5) is 5.69 Å². The Morgan fingerprint density at radius 3 is 2.71 bits per heavy atom. The molecule has 3 heteroatoms. The molecule has 0 aromatic heterocycles. The van der Waals surface area contributed by atoms with E-state index >= 15 is 0 Å². The van der Waals surface area contributed by atoms with Gasteiger partial charge in [-0.05, 0) is 31.9 Å². The summed E-state index contributed by atoms with van der Waals surface area (Å²) < 4.78 is 5.40. The summed E-state index contributed by atoms with van der Waals surface area (Å²) in [5.74, 6) is 0. The standard InChI is InChI=1S/C14H22N2O/c1-11-3-4-14(13(9-11)10-12(2)15)16-5-7-17-8-6-16/h3-4,9,12H,5-8,10,15H2,1-2H3. The lowest BCUT2D eigenvalue weighted by Crippen LogP contribution is -2.37. The highest BCUT2D eigenvalue weighted by atomic mass is 16.5. The first-order chi connectivity index (χ1) is 8.16. The number of nitrogens with two attached hydrogens (primary N) is 1. The molecule has 1 saturated heterocycles. The van der Waals surface area contributed by atoms with Gasteiger partial charge in [0, 0.05) is 24.8 Å². The highest BCUT2D eigenvalue weighted by Crippen LogP contribution is 2.24. The highest BCUT2D eigenvalue weighted by molar-refractivity contribution is 5.55. The van der Waals surface area contributed by atoms with Crippen molar-refractivity contribution < 1.29 is 4.74 Å². The lowest BCUT2D eigenvalue weighted by atomic mass is 10.0. The van der Waals surface area contributed by atoms with Crippen LogP contribution in [0, 0.1) is 6.92 Å². The van der Waals surface area contributed by atoms with Gasteiger partial charge >= 0.3 is 0 Å². The van der Waals surface area contributed by atoms with E-state index in [4.69, 9.17) is 10.5 Å². The molecule has 1 aromatic carbocycles. The molecule has 0 radical (unpaired) electrons. The first-order valence-electron chi connectivity index (χ1n) is 6.34. The Bertz CT molecular complexity index is 370. The third-order valence-electron chi connectivity index (χ3n) is 3.13. The molecule has 3 nitrogen and oxygen atoms in total. The summed E-state index contributed by atoms with van der Waals surface area (Å²) in [5.41, 5.74) is 9.93. The van der Waals surface area contributed by atoms with Crippen molar-refractivity contribution in [1.29, 1.82) is 0 Å². The van der Waals surface area contributed by atoms with Gasteiger partial charge in [0.2, 0.25) is 0 Å². The third-order valence-corrected chi connectivity index (χ3v) is 3.13. The molecule has 1 aliphatic rings. The molecular weight excluding hydrogens is 212 g/mol. The Morgan fingerprint density at radius 1 is 1.35 bits per heavy atom. The van der Waals surface area contributed by atoms with E-state index in [-0.39, 0.29) is 6.04 Å². The van der Waals surface area contributed by atoms with Crippen LogP contribution in [-0.4, -0.2) is 32.3 Å². The number of rotatable bonds is 3. The Kier molecular flexibility index (Phi) is 4.02. The van der Waals surface area contributed by atoms with E-state index in [1.807, 2.05) is 0 Å². The third kappa shape index (κ3) is 3.20. The van der Waals surface area contributed by atoms with Gasteiger partial charge in [-0.1, -0.05) is 17.7 Å². The van der Waals surface area contributed by atoms with Crippen LogP contribution in [0.5, 0.6) is 0 Å². The van der Waals surface area contributed by atoms with E-state index in [1.165, 1.54) is 16.8 Å². The summed E-state index contributed by atoms with van der Waals surface area (Å²) in [6.07, 6.45) is 0.939. The van der Waals surface area contributed by atoms with Crippen molar-refractivity contribution in [2.24, 2.45) is 5.73 Å². The first-order valence-corrected chi connectivity index (χ1v) is 6.34. The first kappa shape index (κ1) is 12.4. The molecule has 1 fully saturated rings. The maximum Gasteiger partial charge on any atom is 0.0642 e. The van der Waals surface area contributed by atoms with E-state index in [0.717, 1.165) is 32.7 Å². The van der Waals surface area contributed by atoms with Crippen LogP contribution in [0.25, 0.3) is 0 Å². The number of hydrogen-bond donors (Lipinski definition) is 1. The van der Waals surface area contributed by atoms with Crippen molar-refractivity contribution in [3.05, 3.63) is 29.3 Å². The SMILES string of the molecule is Cc1ccc(N2CCOCC2)c(CC(C)N)c1. The highest BCUT2D eigenvalue weighted by Gasteiger charge is 2.15. The van der Waals surface area contributed by atoms with Crippen molar-refractivity contribution in [3.63, 3.8) is 0 Å². The predicted octanol–water partition coefficient (Wildman–Crippen LogP) is 1.72. The Labute approximate surface area is 104 Å². The molecule has 94 valence electrons. The van der Waals surface area contributed by atoms with E-state index < -0.39 is 0 Å². The lowest BCUT2D eigenvalue weighted by molar-refractivity contribution is 0.122. The zero-order chi connectivity index (χ0) is 12.3. The fourth-order valence-corrected chi connectivity index (χ4v) is 2.34. The van der Waals surface area contributed by atoms with Crippen LogP contribution in [-0.2, 0) is 11.2 Å². The second kappa shape index (κ2) is 5.52. The van der Waals surface area contributed by atoms with Crippen LogP contribution in [0.15, 0.2) is 18.2 Å². The van der Waals surface area contributed by atoms with Crippen LogP contribution in [0.3, 0.4) is 0 Å². The van der Waals surface area contributed by atoms with Gasteiger partial charge in [0.05, 0.1) is 13.2 Å². The maximum atomic E-state index is 5.93. The molecule has 1 aromatic rings. The molecule has 0 bridgehead atoms. The average molecular weight is 234 g/mol. The van der Waals surface area contributed by atoms with Gasteiger partial charge < -0.3 is 15.4 Å². The van der Waals surface area contributed by atoms with Crippen LogP contribution >= 0.6 is 0 Å². The zero-order valence-corrected chi connectivity index (χ0v) is 10.8. The fourth-order valence-electron chi connectivity index (χ4n) is 2.34. The molecule has 2 N–H and O–H groups in total. The Morgan fingerprint density at radius 2 is 2.06 bits per heavy atom. The number of aryl methyl sites for hydroxylation is 1. The van der Waals surface area contributed by atoms with E-state index in [9.17, 15) is 0 Å². The molecule has 0 spiro atoms. The molecule has 0 aliphatic carbocycles. The van der Waals surface area contributed by atoms with Crippen molar-refractivity contribution in [2.75, 3.05) is 31.2 Å². The molecule has 1 unspecified atom stereocenters. The minimum Gasteiger partial charge on any atom is -0.378 e.